The average molecular weight is 325 g/mol. The van der Waals surface area contributed by atoms with Crippen LogP contribution in [-0.2, 0) is 5.41 Å². The maximum atomic E-state index is 12.4. The molecule has 126 valence electrons. The normalized spacial score (nSPS) is 14.8. The number of amides is 1. The van der Waals surface area contributed by atoms with Crippen LogP contribution in [0.4, 0.5) is 0 Å². The summed E-state index contributed by atoms with van der Waals surface area (Å²) in [5.41, 5.74) is 1.88. The highest BCUT2D eigenvalue weighted by Crippen LogP contribution is 2.49. The lowest BCUT2D eigenvalue weighted by Gasteiger charge is -2.21. The lowest BCUT2D eigenvalue weighted by Crippen LogP contribution is -2.24. The summed E-state index contributed by atoms with van der Waals surface area (Å²) in [6.07, 6.45) is 2.20. The summed E-state index contributed by atoms with van der Waals surface area (Å²) in [6, 6.07) is 15.8. The second-order valence-electron chi connectivity index (χ2n) is 6.47. The van der Waals surface area contributed by atoms with Crippen LogP contribution in [0.2, 0.25) is 0 Å². The van der Waals surface area contributed by atoms with E-state index >= 15 is 0 Å². The minimum absolute atomic E-state index is 0.0561. The number of carbonyl (C=O) groups excluding carboxylic acids is 1. The number of hydrogen-bond donors (Lipinski definition) is 0. The lowest BCUT2D eigenvalue weighted by atomic mass is 9.97. The van der Waals surface area contributed by atoms with Gasteiger partial charge in [0.1, 0.15) is 0 Å². The van der Waals surface area contributed by atoms with Gasteiger partial charge >= 0.3 is 0 Å². The van der Waals surface area contributed by atoms with Crippen LogP contribution in [0, 0.1) is 0 Å². The molecule has 1 amide bonds. The van der Waals surface area contributed by atoms with Gasteiger partial charge in [-0.3, -0.25) is 4.79 Å². The Morgan fingerprint density at radius 2 is 1.79 bits per heavy atom. The van der Waals surface area contributed by atoms with E-state index < -0.39 is 0 Å². The van der Waals surface area contributed by atoms with Gasteiger partial charge in [0, 0.05) is 19.5 Å². The van der Waals surface area contributed by atoms with Gasteiger partial charge in [0.05, 0.1) is 19.3 Å². The summed E-state index contributed by atoms with van der Waals surface area (Å²) in [5, 5.41) is 0. The summed E-state index contributed by atoms with van der Waals surface area (Å²) in [7, 11) is 5.06. The van der Waals surface area contributed by atoms with E-state index in [1.165, 1.54) is 5.56 Å². The van der Waals surface area contributed by atoms with E-state index in [0.29, 0.717) is 23.7 Å². The fraction of sp³-hybridized carbons (Fsp3) is 0.350. The molecule has 0 spiro atoms. The summed E-state index contributed by atoms with van der Waals surface area (Å²) in [4.78, 5) is 14.0. The second-order valence-corrected chi connectivity index (χ2v) is 6.47. The molecule has 4 heteroatoms. The van der Waals surface area contributed by atoms with Crippen molar-refractivity contribution in [2.75, 3.05) is 27.8 Å². The number of rotatable bonds is 6. The molecule has 1 aliphatic rings. The van der Waals surface area contributed by atoms with Crippen molar-refractivity contribution in [2.45, 2.75) is 18.3 Å². The van der Waals surface area contributed by atoms with E-state index in [-0.39, 0.29) is 11.3 Å². The first-order chi connectivity index (χ1) is 11.6. The van der Waals surface area contributed by atoms with Crippen molar-refractivity contribution in [1.82, 2.24) is 4.90 Å². The van der Waals surface area contributed by atoms with E-state index in [9.17, 15) is 4.79 Å². The molecule has 0 atom stereocenters. The third-order valence-corrected chi connectivity index (χ3v) is 4.57. The predicted octanol–water partition coefficient (Wildman–Crippen LogP) is 3.51. The monoisotopic (exact) mass is 325 g/mol. The van der Waals surface area contributed by atoms with Gasteiger partial charge in [-0.25, -0.2) is 0 Å². The van der Waals surface area contributed by atoms with Crippen LogP contribution in [0.3, 0.4) is 0 Å². The number of nitrogens with zero attached hydrogens (tertiary/aromatic N) is 1. The Bertz CT molecular complexity index is 721. The number of para-hydroxylation sites is 1. The maximum absolute atomic E-state index is 12.4. The highest BCUT2D eigenvalue weighted by atomic mass is 16.5. The molecule has 0 heterocycles. The molecule has 1 aliphatic carbocycles. The topological polar surface area (TPSA) is 38.8 Å². The van der Waals surface area contributed by atoms with Crippen LogP contribution in [0.1, 0.15) is 28.8 Å². The zero-order valence-electron chi connectivity index (χ0n) is 14.4. The molecule has 0 aromatic heterocycles. The molecule has 0 radical (unpaired) electrons. The third-order valence-electron chi connectivity index (χ3n) is 4.57. The van der Waals surface area contributed by atoms with Gasteiger partial charge < -0.3 is 14.4 Å². The Balaban J connectivity index is 1.86. The van der Waals surface area contributed by atoms with Crippen molar-refractivity contribution in [1.29, 1.82) is 0 Å². The van der Waals surface area contributed by atoms with Crippen molar-refractivity contribution in [3.63, 3.8) is 0 Å². The quantitative estimate of drug-likeness (QED) is 0.816. The van der Waals surface area contributed by atoms with Gasteiger partial charge in [-0.2, -0.15) is 0 Å². The highest BCUT2D eigenvalue weighted by molar-refractivity contribution is 5.97. The fourth-order valence-corrected chi connectivity index (χ4v) is 2.90. The molecule has 0 bridgehead atoms. The molecule has 4 nitrogen and oxygen atoms in total. The van der Waals surface area contributed by atoms with Gasteiger partial charge in [0.15, 0.2) is 11.5 Å². The number of methoxy groups -OCH3 is 1. The van der Waals surface area contributed by atoms with Crippen LogP contribution >= 0.6 is 0 Å². The SMILES string of the molecule is COc1cccc(C(=O)N(C)C)c1OCC1(c2ccccc2)CC1. The number of hydrogen-bond acceptors (Lipinski definition) is 3. The van der Waals surface area contributed by atoms with Crippen LogP contribution in [0.15, 0.2) is 48.5 Å². The number of carbonyl (C=O) groups is 1. The molecule has 3 rings (SSSR count). The largest absolute Gasteiger partial charge is 0.493 e. The molecule has 24 heavy (non-hydrogen) atoms. The summed E-state index contributed by atoms with van der Waals surface area (Å²) < 4.78 is 11.6. The maximum Gasteiger partial charge on any atom is 0.257 e. The van der Waals surface area contributed by atoms with Crippen molar-refractivity contribution in [2.24, 2.45) is 0 Å². The first-order valence-corrected chi connectivity index (χ1v) is 8.14. The smallest absolute Gasteiger partial charge is 0.257 e. The zero-order chi connectivity index (χ0) is 17.2. The highest BCUT2D eigenvalue weighted by Gasteiger charge is 2.45. The zero-order valence-corrected chi connectivity index (χ0v) is 14.4. The minimum atomic E-state index is -0.0894. The van der Waals surface area contributed by atoms with Gasteiger partial charge in [-0.1, -0.05) is 36.4 Å². The van der Waals surface area contributed by atoms with Crippen molar-refractivity contribution < 1.29 is 14.3 Å². The van der Waals surface area contributed by atoms with Crippen molar-refractivity contribution >= 4 is 5.91 Å². The Kier molecular flexibility index (Phi) is 4.47. The first-order valence-electron chi connectivity index (χ1n) is 8.14. The molecule has 0 aliphatic heterocycles. The molecule has 0 saturated heterocycles. The van der Waals surface area contributed by atoms with Gasteiger partial charge in [0.2, 0.25) is 0 Å². The molecule has 1 fully saturated rings. The summed E-state index contributed by atoms with van der Waals surface area (Å²) in [5.74, 6) is 1.03. The second kappa shape index (κ2) is 6.56. The average Bonchev–Trinajstić information content (AvgIpc) is 3.41. The summed E-state index contributed by atoms with van der Waals surface area (Å²) >= 11 is 0. The molecule has 2 aromatic carbocycles. The lowest BCUT2D eigenvalue weighted by molar-refractivity contribution is 0.0821. The molecule has 0 unspecified atom stereocenters. The standard InChI is InChI=1S/C20H23NO3/c1-21(2)19(22)16-10-7-11-17(23-3)18(16)24-14-20(12-13-20)15-8-5-4-6-9-15/h4-11H,12-14H2,1-3H3. The van der Waals surface area contributed by atoms with E-state index in [1.807, 2.05) is 18.2 Å². The third kappa shape index (κ3) is 3.09. The van der Waals surface area contributed by atoms with E-state index in [4.69, 9.17) is 9.47 Å². The minimum Gasteiger partial charge on any atom is -0.493 e. The Morgan fingerprint density at radius 1 is 1.08 bits per heavy atom. The molecular weight excluding hydrogens is 302 g/mol. The Morgan fingerprint density at radius 3 is 2.38 bits per heavy atom. The fourth-order valence-electron chi connectivity index (χ4n) is 2.90. The summed E-state index contributed by atoms with van der Waals surface area (Å²) in [6.45, 7) is 0.547. The van der Waals surface area contributed by atoms with Crippen LogP contribution < -0.4 is 9.47 Å². The van der Waals surface area contributed by atoms with E-state index in [1.54, 1.807) is 32.2 Å². The van der Waals surface area contributed by atoms with Crippen molar-refractivity contribution in [3.8, 4) is 11.5 Å². The predicted molar refractivity (Wildman–Crippen MR) is 93.9 cm³/mol. The van der Waals surface area contributed by atoms with E-state index in [0.717, 1.165) is 12.8 Å². The van der Waals surface area contributed by atoms with Gasteiger partial charge in [-0.15, -0.1) is 0 Å². The van der Waals surface area contributed by atoms with Crippen LogP contribution in [0.5, 0.6) is 11.5 Å². The number of benzene rings is 2. The Labute approximate surface area is 143 Å². The van der Waals surface area contributed by atoms with Gasteiger partial charge in [0.25, 0.3) is 5.91 Å². The Hall–Kier alpha value is -2.49. The molecule has 0 N–H and O–H groups in total. The molecular formula is C20H23NO3. The molecule has 1 saturated carbocycles. The van der Waals surface area contributed by atoms with E-state index in [2.05, 4.69) is 24.3 Å². The van der Waals surface area contributed by atoms with Crippen molar-refractivity contribution in [3.05, 3.63) is 59.7 Å². The van der Waals surface area contributed by atoms with Crippen LogP contribution in [-0.4, -0.2) is 38.6 Å². The van der Waals surface area contributed by atoms with Gasteiger partial charge in [-0.05, 0) is 30.5 Å². The number of ether oxygens (including phenoxy) is 2. The van der Waals surface area contributed by atoms with Crippen LogP contribution in [0.25, 0.3) is 0 Å². The first kappa shape index (κ1) is 16.4. The molecule has 2 aromatic rings.